The smallest absolute Gasteiger partial charge is 0.239 e. The lowest BCUT2D eigenvalue weighted by Gasteiger charge is -2.22. The molecule has 0 heterocycles. The van der Waals surface area contributed by atoms with E-state index in [-0.39, 0.29) is 16.3 Å². The molecule has 1 N–H and O–H groups in total. The first-order chi connectivity index (χ1) is 9.44. The molecule has 0 bridgehead atoms. The standard InChI is InChI=1S/C13H13ClFNO3S/c14-11-7-10(15)5-6-12(11)16-20(18,19)13-4-2-1-3-9(13)8-17/h3,5-8,13,16H,1-2,4H2. The van der Waals surface area contributed by atoms with Crippen LogP contribution < -0.4 is 4.72 Å². The van der Waals surface area contributed by atoms with E-state index < -0.39 is 21.1 Å². The van der Waals surface area contributed by atoms with Crippen LogP contribution in [0, 0.1) is 5.82 Å². The summed E-state index contributed by atoms with van der Waals surface area (Å²) in [5.41, 5.74) is 0.353. The second-order valence-electron chi connectivity index (χ2n) is 4.51. The van der Waals surface area contributed by atoms with Crippen molar-refractivity contribution in [3.05, 3.63) is 40.7 Å². The molecule has 1 aromatic carbocycles. The number of allylic oxidation sites excluding steroid dienone is 1. The topological polar surface area (TPSA) is 63.2 Å². The van der Waals surface area contributed by atoms with Crippen LogP contribution in [0.25, 0.3) is 0 Å². The van der Waals surface area contributed by atoms with Crippen molar-refractivity contribution < 1.29 is 17.6 Å². The average Bonchev–Trinajstić information content (AvgIpc) is 2.42. The molecule has 1 aliphatic carbocycles. The maximum absolute atomic E-state index is 12.9. The van der Waals surface area contributed by atoms with E-state index in [9.17, 15) is 17.6 Å². The van der Waals surface area contributed by atoms with Gasteiger partial charge in [0, 0.05) is 5.57 Å². The van der Waals surface area contributed by atoms with Crippen molar-refractivity contribution in [2.45, 2.75) is 24.5 Å². The number of halogens is 2. The highest BCUT2D eigenvalue weighted by molar-refractivity contribution is 7.93. The summed E-state index contributed by atoms with van der Waals surface area (Å²) in [4.78, 5) is 10.9. The van der Waals surface area contributed by atoms with E-state index in [4.69, 9.17) is 11.6 Å². The largest absolute Gasteiger partial charge is 0.298 e. The number of sulfonamides is 1. The summed E-state index contributed by atoms with van der Waals surface area (Å²) < 4.78 is 39.9. The van der Waals surface area contributed by atoms with Gasteiger partial charge in [-0.25, -0.2) is 12.8 Å². The number of carbonyl (C=O) groups is 1. The Balaban J connectivity index is 2.29. The second kappa shape index (κ2) is 5.93. The van der Waals surface area contributed by atoms with Gasteiger partial charge in [0.15, 0.2) is 0 Å². The number of hydrogen-bond donors (Lipinski definition) is 1. The zero-order valence-corrected chi connectivity index (χ0v) is 12.0. The predicted molar refractivity (Wildman–Crippen MR) is 75.7 cm³/mol. The third-order valence-electron chi connectivity index (χ3n) is 3.12. The SMILES string of the molecule is O=CC1=CCCCC1S(=O)(=O)Nc1ccc(F)cc1Cl. The van der Waals surface area contributed by atoms with Gasteiger partial charge < -0.3 is 0 Å². The maximum atomic E-state index is 12.9. The number of rotatable bonds is 4. The Labute approximate surface area is 121 Å². The number of anilines is 1. The van der Waals surface area contributed by atoms with Gasteiger partial charge in [0.05, 0.1) is 10.7 Å². The van der Waals surface area contributed by atoms with Gasteiger partial charge in [-0.2, -0.15) is 0 Å². The molecule has 0 saturated heterocycles. The van der Waals surface area contributed by atoms with Crippen LogP contribution >= 0.6 is 11.6 Å². The van der Waals surface area contributed by atoms with Crippen LogP contribution in [0.3, 0.4) is 0 Å². The molecule has 0 saturated carbocycles. The normalized spacial score (nSPS) is 19.3. The Morgan fingerprint density at radius 1 is 1.40 bits per heavy atom. The minimum atomic E-state index is -3.79. The second-order valence-corrected chi connectivity index (χ2v) is 6.78. The van der Waals surface area contributed by atoms with E-state index >= 15 is 0 Å². The van der Waals surface area contributed by atoms with Gasteiger partial charge in [-0.15, -0.1) is 0 Å². The molecule has 0 fully saturated rings. The lowest BCUT2D eigenvalue weighted by Crippen LogP contribution is -2.31. The molecule has 0 radical (unpaired) electrons. The average molecular weight is 318 g/mol. The lowest BCUT2D eigenvalue weighted by atomic mass is 10.0. The van der Waals surface area contributed by atoms with Gasteiger partial charge in [0.1, 0.15) is 17.4 Å². The Hall–Kier alpha value is -1.40. The Morgan fingerprint density at radius 2 is 2.15 bits per heavy atom. The summed E-state index contributed by atoms with van der Waals surface area (Å²) >= 11 is 5.79. The zero-order chi connectivity index (χ0) is 14.8. The Kier molecular flexibility index (Phi) is 4.45. The van der Waals surface area contributed by atoms with E-state index in [2.05, 4.69) is 4.72 Å². The molecule has 0 amide bonds. The van der Waals surface area contributed by atoms with Gasteiger partial charge in [0.2, 0.25) is 10.0 Å². The summed E-state index contributed by atoms with van der Waals surface area (Å²) in [5, 5.41) is -0.920. The Bertz CT molecular complexity index is 658. The Morgan fingerprint density at radius 3 is 2.80 bits per heavy atom. The van der Waals surface area contributed by atoms with E-state index in [1.54, 1.807) is 6.08 Å². The first-order valence-electron chi connectivity index (χ1n) is 6.06. The molecule has 0 aliphatic heterocycles. The maximum Gasteiger partial charge on any atom is 0.239 e. The van der Waals surface area contributed by atoms with Crippen molar-refractivity contribution in [3.63, 3.8) is 0 Å². The summed E-state index contributed by atoms with van der Waals surface area (Å²) in [6, 6.07) is 3.39. The fourth-order valence-electron chi connectivity index (χ4n) is 2.13. The number of benzene rings is 1. The molecule has 108 valence electrons. The monoisotopic (exact) mass is 317 g/mol. The summed E-state index contributed by atoms with van der Waals surface area (Å²) in [7, 11) is -3.79. The molecule has 20 heavy (non-hydrogen) atoms. The molecule has 4 nitrogen and oxygen atoms in total. The van der Waals surface area contributed by atoms with Crippen LogP contribution in [0.1, 0.15) is 19.3 Å². The third kappa shape index (κ3) is 3.19. The minimum absolute atomic E-state index is 0.0268. The van der Waals surface area contributed by atoms with Gasteiger partial charge in [-0.05, 0) is 37.5 Å². The molecular weight excluding hydrogens is 305 g/mol. The van der Waals surface area contributed by atoms with Crippen molar-refractivity contribution in [2.24, 2.45) is 0 Å². The van der Waals surface area contributed by atoms with Gasteiger partial charge in [-0.1, -0.05) is 17.7 Å². The molecule has 1 atom stereocenters. The van der Waals surface area contributed by atoms with E-state index in [0.29, 0.717) is 25.5 Å². The molecule has 2 rings (SSSR count). The minimum Gasteiger partial charge on any atom is -0.298 e. The number of nitrogens with one attached hydrogen (secondary N) is 1. The molecule has 1 aromatic rings. The van der Waals surface area contributed by atoms with Crippen molar-refractivity contribution >= 4 is 33.6 Å². The lowest BCUT2D eigenvalue weighted by molar-refractivity contribution is -0.105. The van der Waals surface area contributed by atoms with Crippen LogP contribution in [0.15, 0.2) is 29.8 Å². The zero-order valence-electron chi connectivity index (χ0n) is 10.5. The first-order valence-corrected chi connectivity index (χ1v) is 7.98. The number of carbonyl (C=O) groups excluding carboxylic acids is 1. The fraction of sp³-hybridized carbons (Fsp3) is 0.308. The van der Waals surface area contributed by atoms with E-state index in [1.807, 2.05) is 0 Å². The van der Waals surface area contributed by atoms with E-state index in [1.165, 1.54) is 6.07 Å². The molecular formula is C13H13ClFNO3S. The van der Waals surface area contributed by atoms with Crippen LogP contribution in [0.4, 0.5) is 10.1 Å². The first kappa shape index (κ1) is 15.0. The van der Waals surface area contributed by atoms with Crippen molar-refractivity contribution in [3.8, 4) is 0 Å². The quantitative estimate of drug-likeness (QED) is 0.868. The van der Waals surface area contributed by atoms with Gasteiger partial charge in [-0.3, -0.25) is 9.52 Å². The van der Waals surface area contributed by atoms with E-state index in [0.717, 1.165) is 12.1 Å². The highest BCUT2D eigenvalue weighted by atomic mass is 35.5. The van der Waals surface area contributed by atoms with Gasteiger partial charge in [0.25, 0.3) is 0 Å². The van der Waals surface area contributed by atoms with Gasteiger partial charge >= 0.3 is 0 Å². The van der Waals surface area contributed by atoms with Crippen molar-refractivity contribution in [1.82, 2.24) is 0 Å². The predicted octanol–water partition coefficient (Wildman–Crippen LogP) is 2.90. The fourth-order valence-corrected chi connectivity index (χ4v) is 4.01. The van der Waals surface area contributed by atoms with Crippen LogP contribution in [-0.2, 0) is 14.8 Å². The molecule has 0 spiro atoms. The third-order valence-corrected chi connectivity index (χ3v) is 5.19. The summed E-state index contributed by atoms with van der Waals surface area (Å²) in [6.45, 7) is 0. The van der Waals surface area contributed by atoms with Crippen molar-refractivity contribution in [1.29, 1.82) is 0 Å². The highest BCUT2D eigenvalue weighted by Crippen LogP contribution is 2.28. The van der Waals surface area contributed by atoms with Crippen LogP contribution in [-0.4, -0.2) is 20.0 Å². The molecule has 7 heteroatoms. The van der Waals surface area contributed by atoms with Crippen LogP contribution in [0.5, 0.6) is 0 Å². The van der Waals surface area contributed by atoms with Crippen LogP contribution in [0.2, 0.25) is 5.02 Å². The van der Waals surface area contributed by atoms with Crippen molar-refractivity contribution in [2.75, 3.05) is 4.72 Å². The number of hydrogen-bond acceptors (Lipinski definition) is 3. The summed E-state index contributed by atoms with van der Waals surface area (Å²) in [6.07, 6.45) is 3.96. The number of aldehydes is 1. The molecule has 0 aromatic heterocycles. The molecule has 1 unspecified atom stereocenters. The summed E-state index contributed by atoms with van der Waals surface area (Å²) in [5.74, 6) is -0.552. The highest BCUT2D eigenvalue weighted by Gasteiger charge is 2.30. The molecule has 1 aliphatic rings.